The van der Waals surface area contributed by atoms with E-state index in [1.54, 1.807) is 6.07 Å². The standard InChI is InChI=1S/C20H24F3N5/c1-5-24-19(26-13-18-14(2)27-28(4)15(18)3)25-11-7-9-16-8-6-10-17(12-16)20(21,22)23/h6,8,10,12H,5,11,13H2,1-4H3,(H2,24,25,26). The molecular weight excluding hydrogens is 367 g/mol. The van der Waals surface area contributed by atoms with E-state index in [2.05, 4.69) is 32.6 Å². The molecule has 1 aromatic heterocycles. The molecule has 2 rings (SSSR count). The molecule has 1 aromatic carbocycles. The normalized spacial score (nSPS) is 11.8. The lowest BCUT2D eigenvalue weighted by Gasteiger charge is -2.09. The van der Waals surface area contributed by atoms with Crippen LogP contribution >= 0.6 is 0 Å². The number of hydrogen-bond donors (Lipinski definition) is 2. The molecule has 0 aliphatic heterocycles. The quantitative estimate of drug-likeness (QED) is 0.478. The number of guanidine groups is 1. The summed E-state index contributed by atoms with van der Waals surface area (Å²) in [6.45, 7) is 7.30. The number of aryl methyl sites for hydroxylation is 2. The highest BCUT2D eigenvalue weighted by Gasteiger charge is 2.30. The summed E-state index contributed by atoms with van der Waals surface area (Å²) >= 11 is 0. The molecule has 28 heavy (non-hydrogen) atoms. The number of aromatic nitrogens is 2. The zero-order valence-corrected chi connectivity index (χ0v) is 16.4. The zero-order chi connectivity index (χ0) is 20.7. The fourth-order valence-corrected chi connectivity index (χ4v) is 2.59. The van der Waals surface area contributed by atoms with Crippen LogP contribution in [0, 0.1) is 25.7 Å². The van der Waals surface area contributed by atoms with Crippen molar-refractivity contribution in [2.45, 2.75) is 33.5 Å². The molecule has 0 aliphatic rings. The lowest BCUT2D eigenvalue weighted by molar-refractivity contribution is -0.137. The van der Waals surface area contributed by atoms with Gasteiger partial charge in [-0.05, 0) is 39.0 Å². The lowest BCUT2D eigenvalue weighted by atomic mass is 10.1. The van der Waals surface area contributed by atoms with Crippen molar-refractivity contribution in [3.63, 3.8) is 0 Å². The van der Waals surface area contributed by atoms with Crippen LogP contribution in [0.3, 0.4) is 0 Å². The minimum absolute atomic E-state index is 0.257. The Hall–Kier alpha value is -2.95. The van der Waals surface area contributed by atoms with Crippen molar-refractivity contribution < 1.29 is 13.2 Å². The molecule has 0 aliphatic carbocycles. The van der Waals surface area contributed by atoms with Gasteiger partial charge >= 0.3 is 6.18 Å². The van der Waals surface area contributed by atoms with E-state index in [0.717, 1.165) is 29.1 Å². The summed E-state index contributed by atoms with van der Waals surface area (Å²) in [5.41, 5.74) is 2.67. The van der Waals surface area contributed by atoms with Crippen molar-refractivity contribution in [3.05, 3.63) is 52.3 Å². The molecular formula is C20H24F3N5. The van der Waals surface area contributed by atoms with E-state index in [0.29, 0.717) is 24.6 Å². The van der Waals surface area contributed by atoms with Crippen molar-refractivity contribution in [2.24, 2.45) is 12.0 Å². The second kappa shape index (κ2) is 9.31. The zero-order valence-electron chi connectivity index (χ0n) is 16.4. The highest BCUT2D eigenvalue weighted by atomic mass is 19.4. The molecule has 0 saturated heterocycles. The molecule has 0 bridgehead atoms. The molecule has 1 heterocycles. The van der Waals surface area contributed by atoms with Crippen LogP contribution in [0.25, 0.3) is 0 Å². The molecule has 8 heteroatoms. The van der Waals surface area contributed by atoms with E-state index in [1.165, 1.54) is 6.07 Å². The van der Waals surface area contributed by atoms with Crippen molar-refractivity contribution in [2.75, 3.05) is 13.1 Å². The largest absolute Gasteiger partial charge is 0.416 e. The first-order chi connectivity index (χ1) is 13.2. The first-order valence-corrected chi connectivity index (χ1v) is 8.89. The summed E-state index contributed by atoms with van der Waals surface area (Å²) in [6.07, 6.45) is -4.37. The van der Waals surface area contributed by atoms with Crippen molar-refractivity contribution >= 4 is 5.96 Å². The number of nitrogens with zero attached hydrogens (tertiary/aromatic N) is 3. The summed E-state index contributed by atoms with van der Waals surface area (Å²) in [7, 11) is 1.89. The van der Waals surface area contributed by atoms with Crippen LogP contribution in [0.1, 0.15) is 35.0 Å². The number of aliphatic imine (C=N–C) groups is 1. The van der Waals surface area contributed by atoms with E-state index in [9.17, 15) is 13.2 Å². The third-order valence-corrected chi connectivity index (χ3v) is 4.17. The molecule has 2 aromatic rings. The fourth-order valence-electron chi connectivity index (χ4n) is 2.59. The summed E-state index contributed by atoms with van der Waals surface area (Å²) < 4.78 is 40.0. The topological polar surface area (TPSA) is 54.2 Å². The van der Waals surface area contributed by atoms with E-state index < -0.39 is 11.7 Å². The predicted molar refractivity (Wildman–Crippen MR) is 104 cm³/mol. The Labute approximate surface area is 163 Å². The van der Waals surface area contributed by atoms with Gasteiger partial charge < -0.3 is 10.6 Å². The molecule has 0 spiro atoms. The monoisotopic (exact) mass is 391 g/mol. The SMILES string of the molecule is CCNC(=NCc1c(C)nn(C)c1C)NCC#Cc1cccc(C(F)(F)F)c1. The van der Waals surface area contributed by atoms with Gasteiger partial charge in [-0.15, -0.1) is 0 Å². The average molecular weight is 391 g/mol. The lowest BCUT2D eigenvalue weighted by Crippen LogP contribution is -2.37. The number of hydrogen-bond acceptors (Lipinski definition) is 2. The Morgan fingerprint density at radius 2 is 2.00 bits per heavy atom. The second-order valence-electron chi connectivity index (χ2n) is 6.20. The number of benzene rings is 1. The van der Waals surface area contributed by atoms with Crippen LogP contribution in [0.4, 0.5) is 13.2 Å². The number of rotatable bonds is 4. The second-order valence-corrected chi connectivity index (χ2v) is 6.20. The highest BCUT2D eigenvalue weighted by Crippen LogP contribution is 2.29. The smallest absolute Gasteiger partial charge is 0.357 e. The Morgan fingerprint density at radius 3 is 2.61 bits per heavy atom. The first kappa shape index (κ1) is 21.4. The molecule has 150 valence electrons. The van der Waals surface area contributed by atoms with Gasteiger partial charge in [0.15, 0.2) is 5.96 Å². The Kier molecular flexibility index (Phi) is 7.10. The van der Waals surface area contributed by atoms with Gasteiger partial charge in [-0.25, -0.2) is 4.99 Å². The van der Waals surface area contributed by atoms with Gasteiger partial charge in [-0.1, -0.05) is 17.9 Å². The van der Waals surface area contributed by atoms with Crippen LogP contribution in [0.5, 0.6) is 0 Å². The van der Waals surface area contributed by atoms with E-state index in [-0.39, 0.29) is 6.54 Å². The van der Waals surface area contributed by atoms with Crippen molar-refractivity contribution in [1.29, 1.82) is 0 Å². The predicted octanol–water partition coefficient (Wildman–Crippen LogP) is 3.16. The van der Waals surface area contributed by atoms with Gasteiger partial charge in [0.1, 0.15) is 0 Å². The van der Waals surface area contributed by atoms with Gasteiger partial charge in [-0.3, -0.25) is 4.68 Å². The maximum absolute atomic E-state index is 12.7. The Morgan fingerprint density at radius 1 is 1.25 bits per heavy atom. The van der Waals surface area contributed by atoms with Gasteiger partial charge in [0.05, 0.1) is 24.3 Å². The number of nitrogens with one attached hydrogen (secondary N) is 2. The van der Waals surface area contributed by atoms with Gasteiger partial charge in [-0.2, -0.15) is 18.3 Å². The third kappa shape index (κ3) is 5.78. The van der Waals surface area contributed by atoms with Gasteiger partial charge in [0.25, 0.3) is 0 Å². The van der Waals surface area contributed by atoms with Gasteiger partial charge in [0, 0.05) is 30.4 Å². The van der Waals surface area contributed by atoms with Crippen molar-refractivity contribution in [1.82, 2.24) is 20.4 Å². The Balaban J connectivity index is 2.02. The summed E-state index contributed by atoms with van der Waals surface area (Å²) in [4.78, 5) is 4.53. The maximum Gasteiger partial charge on any atom is 0.416 e. The molecule has 0 saturated carbocycles. The van der Waals surface area contributed by atoms with Crippen LogP contribution in [0.15, 0.2) is 29.3 Å². The molecule has 0 unspecified atom stereocenters. The van der Waals surface area contributed by atoms with Crippen LogP contribution in [-0.2, 0) is 19.8 Å². The highest BCUT2D eigenvalue weighted by molar-refractivity contribution is 5.80. The van der Waals surface area contributed by atoms with Crippen molar-refractivity contribution in [3.8, 4) is 11.8 Å². The molecule has 0 amide bonds. The summed E-state index contributed by atoms with van der Waals surface area (Å²) in [6, 6.07) is 4.97. The number of alkyl halides is 3. The van der Waals surface area contributed by atoms with Gasteiger partial charge in [0.2, 0.25) is 0 Å². The van der Waals surface area contributed by atoms with Crippen LogP contribution < -0.4 is 10.6 Å². The summed E-state index contributed by atoms with van der Waals surface area (Å²) in [5.74, 6) is 6.16. The van der Waals surface area contributed by atoms with E-state index >= 15 is 0 Å². The van der Waals surface area contributed by atoms with E-state index in [1.807, 2.05) is 32.5 Å². The minimum atomic E-state index is -4.37. The molecule has 0 atom stereocenters. The molecule has 0 fully saturated rings. The van der Waals surface area contributed by atoms with Crippen LogP contribution in [0.2, 0.25) is 0 Å². The number of halogens is 3. The fraction of sp³-hybridized carbons (Fsp3) is 0.400. The Bertz CT molecular complexity index is 901. The molecule has 0 radical (unpaired) electrons. The summed E-state index contributed by atoms with van der Waals surface area (Å²) in [5, 5.41) is 10.6. The third-order valence-electron chi connectivity index (χ3n) is 4.17. The molecule has 2 N–H and O–H groups in total. The average Bonchev–Trinajstić information content (AvgIpc) is 2.88. The van der Waals surface area contributed by atoms with E-state index in [4.69, 9.17) is 0 Å². The molecule has 5 nitrogen and oxygen atoms in total. The first-order valence-electron chi connectivity index (χ1n) is 8.89. The maximum atomic E-state index is 12.7. The minimum Gasteiger partial charge on any atom is -0.357 e. The van der Waals surface area contributed by atoms with Crippen LogP contribution in [-0.4, -0.2) is 28.8 Å².